The SMILES string of the molecule is Cc1cccc(CO)c1OCc1cscn1. The van der Waals surface area contributed by atoms with Crippen molar-refractivity contribution in [2.75, 3.05) is 0 Å². The molecule has 0 amide bonds. The predicted octanol–water partition coefficient (Wildman–Crippen LogP) is 2.52. The number of para-hydroxylation sites is 1. The Hall–Kier alpha value is -1.39. The van der Waals surface area contributed by atoms with E-state index in [0.717, 1.165) is 22.6 Å². The molecule has 2 rings (SSSR count). The van der Waals surface area contributed by atoms with Gasteiger partial charge in [0.1, 0.15) is 12.4 Å². The van der Waals surface area contributed by atoms with Gasteiger partial charge in [-0.3, -0.25) is 0 Å². The first-order valence-corrected chi connectivity index (χ1v) is 5.94. The summed E-state index contributed by atoms with van der Waals surface area (Å²) in [6.45, 7) is 2.41. The number of hydrogen-bond donors (Lipinski definition) is 1. The van der Waals surface area contributed by atoms with Crippen LogP contribution in [0.5, 0.6) is 5.75 Å². The molecule has 0 fully saturated rings. The third kappa shape index (κ3) is 2.40. The molecule has 0 aliphatic carbocycles. The van der Waals surface area contributed by atoms with E-state index in [1.807, 2.05) is 30.5 Å². The minimum atomic E-state index is -0.00587. The van der Waals surface area contributed by atoms with Crippen LogP contribution >= 0.6 is 11.3 Å². The van der Waals surface area contributed by atoms with Crippen molar-refractivity contribution < 1.29 is 9.84 Å². The number of hydrogen-bond acceptors (Lipinski definition) is 4. The second kappa shape index (κ2) is 5.09. The first-order chi connectivity index (χ1) is 7.81. The number of nitrogens with zero attached hydrogens (tertiary/aromatic N) is 1. The Bertz CT molecular complexity index is 454. The van der Waals surface area contributed by atoms with E-state index in [-0.39, 0.29) is 6.61 Å². The van der Waals surface area contributed by atoms with E-state index in [1.54, 1.807) is 16.8 Å². The summed E-state index contributed by atoms with van der Waals surface area (Å²) in [6.07, 6.45) is 0. The van der Waals surface area contributed by atoms with Crippen molar-refractivity contribution in [2.24, 2.45) is 0 Å². The summed E-state index contributed by atoms with van der Waals surface area (Å²) in [4.78, 5) is 4.15. The Morgan fingerprint density at radius 1 is 1.44 bits per heavy atom. The Balaban J connectivity index is 2.14. The molecule has 2 aromatic rings. The quantitative estimate of drug-likeness (QED) is 0.885. The summed E-state index contributed by atoms with van der Waals surface area (Å²) in [5.41, 5.74) is 4.54. The molecule has 0 saturated heterocycles. The van der Waals surface area contributed by atoms with Gasteiger partial charge in [0.2, 0.25) is 0 Å². The molecule has 1 heterocycles. The van der Waals surface area contributed by atoms with E-state index < -0.39 is 0 Å². The highest BCUT2D eigenvalue weighted by atomic mass is 32.1. The molecule has 0 unspecified atom stereocenters. The van der Waals surface area contributed by atoms with Gasteiger partial charge in [-0.05, 0) is 12.5 Å². The number of benzene rings is 1. The van der Waals surface area contributed by atoms with E-state index >= 15 is 0 Å². The molecule has 0 atom stereocenters. The second-order valence-electron chi connectivity index (χ2n) is 3.49. The topological polar surface area (TPSA) is 42.4 Å². The van der Waals surface area contributed by atoms with E-state index in [9.17, 15) is 5.11 Å². The molecular formula is C12H13NO2S. The first-order valence-electron chi connectivity index (χ1n) is 5.00. The molecule has 0 saturated carbocycles. The van der Waals surface area contributed by atoms with Gasteiger partial charge >= 0.3 is 0 Å². The van der Waals surface area contributed by atoms with Gasteiger partial charge in [0.25, 0.3) is 0 Å². The van der Waals surface area contributed by atoms with Crippen molar-refractivity contribution in [2.45, 2.75) is 20.1 Å². The van der Waals surface area contributed by atoms with Crippen molar-refractivity contribution in [3.63, 3.8) is 0 Å². The van der Waals surface area contributed by atoms with E-state index in [1.165, 1.54) is 0 Å². The number of thiazole rings is 1. The standard InChI is InChI=1S/C12H13NO2S/c1-9-3-2-4-10(5-14)12(9)15-6-11-7-16-8-13-11/h2-4,7-8,14H,5-6H2,1H3. The van der Waals surface area contributed by atoms with Gasteiger partial charge in [0.15, 0.2) is 0 Å². The van der Waals surface area contributed by atoms with Crippen LogP contribution in [0.25, 0.3) is 0 Å². The monoisotopic (exact) mass is 235 g/mol. The highest BCUT2D eigenvalue weighted by Gasteiger charge is 2.06. The van der Waals surface area contributed by atoms with Gasteiger partial charge in [-0.15, -0.1) is 11.3 Å². The molecule has 1 aromatic heterocycles. The van der Waals surface area contributed by atoms with Gasteiger partial charge in [-0.25, -0.2) is 4.98 Å². The average Bonchev–Trinajstić information content (AvgIpc) is 2.80. The fourth-order valence-electron chi connectivity index (χ4n) is 1.50. The zero-order valence-corrected chi connectivity index (χ0v) is 9.83. The van der Waals surface area contributed by atoms with Crippen molar-refractivity contribution in [3.8, 4) is 5.75 Å². The molecule has 1 N–H and O–H groups in total. The van der Waals surface area contributed by atoms with Crippen molar-refractivity contribution in [3.05, 3.63) is 45.9 Å². The lowest BCUT2D eigenvalue weighted by Gasteiger charge is -2.11. The van der Waals surface area contributed by atoms with Gasteiger partial charge in [0, 0.05) is 10.9 Å². The third-order valence-electron chi connectivity index (χ3n) is 2.31. The number of rotatable bonds is 4. The van der Waals surface area contributed by atoms with E-state index in [0.29, 0.717) is 6.61 Å². The number of aliphatic hydroxyl groups is 1. The molecule has 0 aliphatic rings. The maximum absolute atomic E-state index is 9.21. The summed E-state index contributed by atoms with van der Waals surface area (Å²) >= 11 is 1.55. The Kier molecular flexibility index (Phi) is 3.54. The van der Waals surface area contributed by atoms with Crippen LogP contribution in [0, 0.1) is 6.92 Å². The van der Waals surface area contributed by atoms with Gasteiger partial charge < -0.3 is 9.84 Å². The van der Waals surface area contributed by atoms with Crippen molar-refractivity contribution in [1.82, 2.24) is 4.98 Å². The van der Waals surface area contributed by atoms with Gasteiger partial charge in [-0.2, -0.15) is 0 Å². The lowest BCUT2D eigenvalue weighted by Crippen LogP contribution is -2.00. The average molecular weight is 235 g/mol. The summed E-state index contributed by atoms with van der Waals surface area (Å²) in [5, 5.41) is 11.2. The minimum absolute atomic E-state index is 0.00587. The maximum atomic E-state index is 9.21. The first kappa shape index (κ1) is 11.1. The van der Waals surface area contributed by atoms with Gasteiger partial charge in [0.05, 0.1) is 17.8 Å². The zero-order chi connectivity index (χ0) is 11.4. The molecule has 4 heteroatoms. The summed E-state index contributed by atoms with van der Waals surface area (Å²) in [6, 6.07) is 5.75. The summed E-state index contributed by atoms with van der Waals surface area (Å²) in [7, 11) is 0. The third-order valence-corrected chi connectivity index (χ3v) is 2.95. The molecule has 0 radical (unpaired) electrons. The fourth-order valence-corrected chi connectivity index (χ4v) is 2.04. The maximum Gasteiger partial charge on any atom is 0.131 e. The van der Waals surface area contributed by atoms with E-state index in [2.05, 4.69) is 4.98 Å². The molecule has 0 aliphatic heterocycles. The van der Waals surface area contributed by atoms with Gasteiger partial charge in [-0.1, -0.05) is 18.2 Å². The number of ether oxygens (including phenoxy) is 1. The smallest absolute Gasteiger partial charge is 0.131 e. The van der Waals surface area contributed by atoms with Crippen LogP contribution in [-0.2, 0) is 13.2 Å². The van der Waals surface area contributed by atoms with Crippen molar-refractivity contribution >= 4 is 11.3 Å². The Morgan fingerprint density at radius 2 is 2.31 bits per heavy atom. The van der Waals surface area contributed by atoms with E-state index in [4.69, 9.17) is 4.74 Å². The minimum Gasteiger partial charge on any atom is -0.487 e. The van der Waals surface area contributed by atoms with Crippen LogP contribution in [0.4, 0.5) is 0 Å². The molecule has 3 nitrogen and oxygen atoms in total. The van der Waals surface area contributed by atoms with Crippen LogP contribution < -0.4 is 4.74 Å². The highest BCUT2D eigenvalue weighted by molar-refractivity contribution is 7.07. The lowest BCUT2D eigenvalue weighted by molar-refractivity contribution is 0.256. The molecular weight excluding hydrogens is 222 g/mol. The molecule has 0 spiro atoms. The predicted molar refractivity (Wildman–Crippen MR) is 63.5 cm³/mol. The molecule has 16 heavy (non-hydrogen) atoms. The van der Waals surface area contributed by atoms with Crippen LogP contribution in [0.2, 0.25) is 0 Å². The highest BCUT2D eigenvalue weighted by Crippen LogP contribution is 2.24. The van der Waals surface area contributed by atoms with Crippen molar-refractivity contribution in [1.29, 1.82) is 0 Å². The van der Waals surface area contributed by atoms with Crippen LogP contribution in [0.1, 0.15) is 16.8 Å². The number of aromatic nitrogens is 1. The van der Waals surface area contributed by atoms with Crippen LogP contribution in [0.15, 0.2) is 29.1 Å². The Morgan fingerprint density at radius 3 is 3.00 bits per heavy atom. The van der Waals surface area contributed by atoms with Crippen LogP contribution in [-0.4, -0.2) is 10.1 Å². The fraction of sp³-hybridized carbons (Fsp3) is 0.250. The summed E-state index contributed by atoms with van der Waals surface area (Å²) < 4.78 is 5.69. The van der Waals surface area contributed by atoms with Crippen LogP contribution in [0.3, 0.4) is 0 Å². The number of aryl methyl sites for hydroxylation is 1. The largest absolute Gasteiger partial charge is 0.487 e. The normalized spacial score (nSPS) is 10.4. The summed E-state index contributed by atoms with van der Waals surface area (Å²) in [5.74, 6) is 0.762. The lowest BCUT2D eigenvalue weighted by atomic mass is 10.1. The Labute approximate surface area is 98.4 Å². The molecule has 1 aromatic carbocycles. The second-order valence-corrected chi connectivity index (χ2v) is 4.21. The molecule has 84 valence electrons. The zero-order valence-electron chi connectivity index (χ0n) is 9.01. The number of aliphatic hydroxyl groups excluding tert-OH is 1. The molecule has 0 bridgehead atoms.